The van der Waals surface area contributed by atoms with Gasteiger partial charge in [-0.1, -0.05) is 65.0 Å². The van der Waals surface area contributed by atoms with Gasteiger partial charge < -0.3 is 90.2 Å². The second-order valence-corrected chi connectivity index (χ2v) is 27.5. The third kappa shape index (κ3) is 22.0. The second-order valence-electron chi connectivity index (χ2n) is 27.5. The van der Waals surface area contributed by atoms with Crippen LogP contribution in [0, 0.1) is 63.1 Å². The minimum atomic E-state index is -1.81. The lowest BCUT2D eigenvalue weighted by molar-refractivity contribution is -0.137. The van der Waals surface area contributed by atoms with Crippen LogP contribution >= 0.6 is 0 Å². The van der Waals surface area contributed by atoms with E-state index >= 15 is 0 Å². The first-order valence-corrected chi connectivity index (χ1v) is 33.3. The molecule has 4 aliphatic carbocycles. The minimum absolute atomic E-state index is 0.0353. The average molecular weight is 1310 g/mol. The molecule has 0 spiro atoms. The molecular weight excluding hydrogens is 1200 g/mol. The van der Waals surface area contributed by atoms with E-state index in [1.807, 2.05) is 0 Å². The molecule has 18 atom stereocenters. The summed E-state index contributed by atoms with van der Waals surface area (Å²) < 4.78 is 0. The number of carbonyl (C=O) groups is 9. The third-order valence-corrected chi connectivity index (χ3v) is 20.5. The lowest BCUT2D eigenvalue weighted by Crippen LogP contribution is -2.62. The van der Waals surface area contributed by atoms with Gasteiger partial charge in [0.2, 0.25) is 47.3 Å². The fourth-order valence-corrected chi connectivity index (χ4v) is 15.3. The van der Waals surface area contributed by atoms with Crippen molar-refractivity contribution in [3.8, 4) is 0 Å². The first-order chi connectivity index (χ1) is 43.9. The van der Waals surface area contributed by atoms with Crippen LogP contribution in [-0.2, 0) is 49.6 Å². The topological polar surface area (TPSA) is 475 Å². The van der Waals surface area contributed by atoms with Crippen LogP contribution in [0.4, 0.5) is 0 Å². The summed E-state index contributed by atoms with van der Waals surface area (Å²) in [6, 6.07) is -2.62. The lowest BCUT2D eigenvalue weighted by Gasteiger charge is -2.61. The number of guanidine groups is 2. The van der Waals surface area contributed by atoms with Crippen LogP contribution in [0.1, 0.15) is 163 Å². The summed E-state index contributed by atoms with van der Waals surface area (Å²) >= 11 is 0. The van der Waals surface area contributed by atoms with Gasteiger partial charge in [-0.3, -0.25) is 54.0 Å². The van der Waals surface area contributed by atoms with Gasteiger partial charge in [0.15, 0.2) is 11.9 Å². The molecule has 0 heterocycles. The van der Waals surface area contributed by atoms with Gasteiger partial charge in [-0.05, 0) is 168 Å². The number of aliphatic hydroxyl groups is 4. The fourth-order valence-electron chi connectivity index (χ4n) is 15.3. The average Bonchev–Trinajstić information content (AvgIpc) is 1.65. The molecular formula is C65H108N14O14. The van der Waals surface area contributed by atoms with E-state index in [1.165, 1.54) is 32.6 Å². The number of carboxylic acid groups (broad SMARTS) is 1. The summed E-state index contributed by atoms with van der Waals surface area (Å²) in [6.07, 6.45) is 8.75. The Morgan fingerprint density at radius 1 is 0.570 bits per heavy atom. The Morgan fingerprint density at radius 3 is 1.61 bits per heavy atom. The van der Waals surface area contributed by atoms with Crippen LogP contribution in [0.15, 0.2) is 30.3 Å². The van der Waals surface area contributed by atoms with Gasteiger partial charge >= 0.3 is 5.97 Å². The maximum atomic E-state index is 14.6. The molecule has 5 rings (SSSR count). The van der Waals surface area contributed by atoms with Gasteiger partial charge in [-0.15, -0.1) is 0 Å². The fraction of sp³-hybridized carbons (Fsp3) is 0.738. The molecule has 0 saturated heterocycles. The molecule has 28 nitrogen and oxygen atoms in total. The third-order valence-electron chi connectivity index (χ3n) is 20.5. The molecule has 8 amide bonds. The number of carboxylic acids is 1. The Morgan fingerprint density at radius 2 is 1.08 bits per heavy atom. The maximum Gasteiger partial charge on any atom is 0.303 e. The monoisotopic (exact) mass is 1310 g/mol. The predicted molar refractivity (Wildman–Crippen MR) is 347 cm³/mol. The lowest BCUT2D eigenvalue weighted by atomic mass is 9.44. The Kier molecular flexibility index (Phi) is 29.6. The van der Waals surface area contributed by atoms with Crippen LogP contribution in [0.3, 0.4) is 0 Å². The molecule has 1 aromatic rings. The van der Waals surface area contributed by atoms with E-state index in [0.29, 0.717) is 41.6 Å². The van der Waals surface area contributed by atoms with Crippen LogP contribution in [-0.4, -0.2) is 178 Å². The smallest absolute Gasteiger partial charge is 0.303 e. The van der Waals surface area contributed by atoms with E-state index in [4.69, 9.17) is 27.4 Å². The highest BCUT2D eigenvalue weighted by molar-refractivity contribution is 5.98. The normalized spacial score (nSPS) is 25.5. The van der Waals surface area contributed by atoms with E-state index < -0.39 is 127 Å². The quantitative estimate of drug-likeness (QED) is 0.0238. The van der Waals surface area contributed by atoms with Crippen LogP contribution in [0.2, 0.25) is 0 Å². The number of aliphatic hydroxyl groups excluding tert-OH is 4. The Labute approximate surface area is 546 Å². The highest BCUT2D eigenvalue weighted by Crippen LogP contribution is 2.68. The SMILES string of the molecule is CC(C)[C@H](NC(=O)[C@@H](NC(=O)CC[C@@H](C)[C@H]1CCC2C3CCC4C[C@H](O)CC[C@]4(C)C3CC[C@@]21C)[C@@H](C)O)C(=O)N[C@@H](Cc1ccccc1)C(=O)N[C@@H](CCCNC(=N)N)C(=O)N[C@@H](CO)C(=O)N[C@@H](CO)C(=O)N[C@@H](CCCNC(=N)N)C(=O)N[C@H](C)CCC(=O)O. The number of nitrogens with one attached hydrogen (secondary N) is 12. The molecule has 4 fully saturated rings. The molecule has 0 aromatic heterocycles. The van der Waals surface area contributed by atoms with Gasteiger partial charge in [-0.2, -0.15) is 0 Å². The number of carbonyl (C=O) groups excluding carboxylic acids is 8. The number of hydrogen-bond acceptors (Lipinski definition) is 15. The van der Waals surface area contributed by atoms with Gasteiger partial charge in [0.05, 0.1) is 25.4 Å². The van der Waals surface area contributed by atoms with Crippen LogP contribution in [0.25, 0.3) is 0 Å². The standard InChI is InChI=1S/C65H108N14O14/c1-35(2)53(79-61(93)54(38(5)82)78-51(84)23-17-36(3)43-21-22-44-42-20-19-40-32-41(83)25-27-64(40,6)45(42)26-28-65(43,44)7)60(92)75-48(31-39-13-9-8-10-14-39)57(89)73-47(16-12-30-71-63(68)69)56(88)76-50(34-81)59(91)77-49(33-80)58(90)74-46(15-11-29-70-62(66)67)55(87)72-37(4)18-24-52(85)86/h8-10,13-14,35-38,40-50,53-54,80-83H,11-12,15-34H2,1-7H3,(H,72,87)(H,73,89)(H,74,90)(H,75,92)(H,76,88)(H,77,91)(H,78,84)(H,79,93)(H,85,86)(H4,66,67,70)(H4,68,69,71)/t36-,37-,38-,40?,41-,42?,43-,44?,45?,46+,47+,48+,49+,50+,53+,54+,64+,65-/m1/s1. The van der Waals surface area contributed by atoms with Crippen molar-refractivity contribution >= 4 is 65.1 Å². The molecule has 28 heteroatoms. The Balaban J connectivity index is 1.24. The number of rotatable bonds is 36. The van der Waals surface area contributed by atoms with Crippen molar-refractivity contribution in [2.24, 2.45) is 63.7 Å². The number of amides is 8. The molecule has 93 heavy (non-hydrogen) atoms. The molecule has 21 N–H and O–H groups in total. The number of nitrogens with two attached hydrogens (primary N) is 2. The summed E-state index contributed by atoms with van der Waals surface area (Å²) in [6.45, 7) is 11.5. The van der Waals surface area contributed by atoms with Crippen molar-refractivity contribution < 1.29 is 68.7 Å². The summed E-state index contributed by atoms with van der Waals surface area (Å²) in [7, 11) is 0. The number of aliphatic carboxylic acids is 1. The highest BCUT2D eigenvalue weighted by Gasteiger charge is 2.60. The molecule has 4 unspecified atom stereocenters. The van der Waals surface area contributed by atoms with Crippen molar-refractivity contribution in [3.05, 3.63) is 35.9 Å². The van der Waals surface area contributed by atoms with Crippen molar-refractivity contribution in [1.29, 1.82) is 10.8 Å². The van der Waals surface area contributed by atoms with E-state index in [-0.39, 0.29) is 99.2 Å². The zero-order chi connectivity index (χ0) is 68.9. The molecule has 522 valence electrons. The van der Waals surface area contributed by atoms with E-state index in [0.717, 1.165) is 32.1 Å². The zero-order valence-corrected chi connectivity index (χ0v) is 55.3. The van der Waals surface area contributed by atoms with E-state index in [1.54, 1.807) is 51.1 Å². The first kappa shape index (κ1) is 76.5. The number of hydrogen-bond donors (Lipinski definition) is 19. The summed E-state index contributed by atoms with van der Waals surface area (Å²) in [4.78, 5) is 123. The second kappa shape index (κ2) is 35.9. The molecule has 0 bridgehead atoms. The highest BCUT2D eigenvalue weighted by atomic mass is 16.4. The van der Waals surface area contributed by atoms with Crippen LogP contribution in [0.5, 0.6) is 0 Å². The number of fused-ring (bicyclic) bond motifs is 5. The van der Waals surface area contributed by atoms with Crippen molar-refractivity contribution in [2.45, 2.75) is 225 Å². The van der Waals surface area contributed by atoms with E-state index in [2.05, 4.69) is 73.9 Å². The maximum absolute atomic E-state index is 14.6. The van der Waals surface area contributed by atoms with E-state index in [9.17, 15) is 63.6 Å². The van der Waals surface area contributed by atoms with Crippen molar-refractivity contribution in [1.82, 2.24) is 53.2 Å². The van der Waals surface area contributed by atoms with Crippen LogP contribution < -0.4 is 64.6 Å². The predicted octanol–water partition coefficient (Wildman–Crippen LogP) is -0.0238. The molecule has 0 radical (unpaired) electrons. The van der Waals surface area contributed by atoms with Gasteiger partial charge in [0.1, 0.15) is 42.3 Å². The summed E-state index contributed by atoms with van der Waals surface area (Å²) in [5.41, 5.74) is 11.9. The summed E-state index contributed by atoms with van der Waals surface area (Å²) in [5.74, 6) is -6.18. The molecule has 0 aliphatic heterocycles. The first-order valence-electron chi connectivity index (χ1n) is 33.3. The summed E-state index contributed by atoms with van der Waals surface area (Å²) in [5, 5.41) is 91.9. The van der Waals surface area contributed by atoms with Crippen molar-refractivity contribution in [2.75, 3.05) is 26.3 Å². The van der Waals surface area contributed by atoms with Crippen molar-refractivity contribution in [3.63, 3.8) is 0 Å². The molecule has 4 aliphatic rings. The number of benzene rings is 1. The largest absolute Gasteiger partial charge is 0.481 e. The van der Waals surface area contributed by atoms with Gasteiger partial charge in [-0.25, -0.2) is 0 Å². The molecule has 4 saturated carbocycles. The van der Waals surface area contributed by atoms with Gasteiger partial charge in [0.25, 0.3) is 0 Å². The zero-order valence-electron chi connectivity index (χ0n) is 55.3. The minimum Gasteiger partial charge on any atom is -0.481 e. The Bertz CT molecular complexity index is 2730. The van der Waals surface area contributed by atoms with Gasteiger partial charge in [0, 0.05) is 38.4 Å². The Hall–Kier alpha value is -7.17. The molecule has 1 aromatic carbocycles.